The quantitative estimate of drug-likeness (QED) is 0.771. The van der Waals surface area contributed by atoms with Gasteiger partial charge in [-0.3, -0.25) is 0 Å². The molecule has 3 rings (SSSR count). The molecule has 0 radical (unpaired) electrons. The maximum Gasteiger partial charge on any atom is 0.358 e. The Morgan fingerprint density at radius 2 is 2.04 bits per heavy atom. The zero-order chi connectivity index (χ0) is 20.0. The van der Waals surface area contributed by atoms with Crippen molar-refractivity contribution in [2.24, 2.45) is 0 Å². The molecular formula is C19H27N3O4Si. The molecule has 0 bridgehead atoms. The molecule has 2 N–H and O–H groups in total. The molecule has 0 amide bonds. The minimum absolute atomic E-state index is 0.173. The first-order valence-electron chi connectivity index (χ1n) is 9.14. The Labute approximate surface area is 160 Å². The predicted molar refractivity (Wildman–Crippen MR) is 107 cm³/mol. The lowest BCUT2D eigenvalue weighted by atomic mass is 10.2. The molecule has 27 heavy (non-hydrogen) atoms. The molecule has 0 saturated carbocycles. The fourth-order valence-electron chi connectivity index (χ4n) is 3.04. The highest BCUT2D eigenvalue weighted by molar-refractivity contribution is 6.74. The third-order valence-corrected chi connectivity index (χ3v) is 10.2. The summed E-state index contributed by atoms with van der Waals surface area (Å²) in [4.78, 5) is 21.6. The third kappa shape index (κ3) is 3.77. The molecule has 8 heteroatoms. The van der Waals surface area contributed by atoms with Crippen LogP contribution in [0.1, 0.15) is 37.7 Å². The second kappa shape index (κ2) is 6.76. The van der Waals surface area contributed by atoms with Crippen LogP contribution in [0, 0.1) is 0 Å². The van der Waals surface area contributed by atoms with Gasteiger partial charge in [0.2, 0.25) is 0 Å². The average Bonchev–Trinajstić information content (AvgIpc) is 3.01. The minimum Gasteiger partial charge on any atom is -0.505 e. The highest BCUT2D eigenvalue weighted by atomic mass is 28.4. The van der Waals surface area contributed by atoms with Crippen molar-refractivity contribution in [3.05, 3.63) is 24.0 Å². The molecule has 3 heterocycles. The van der Waals surface area contributed by atoms with Crippen LogP contribution in [0.15, 0.2) is 18.3 Å². The van der Waals surface area contributed by atoms with Gasteiger partial charge >= 0.3 is 5.97 Å². The lowest BCUT2D eigenvalue weighted by Gasteiger charge is -2.38. The molecule has 146 valence electrons. The van der Waals surface area contributed by atoms with Crippen molar-refractivity contribution in [3.8, 4) is 5.75 Å². The van der Waals surface area contributed by atoms with Gasteiger partial charge in [0.05, 0.1) is 17.8 Å². The summed E-state index contributed by atoms with van der Waals surface area (Å²) in [5.74, 6) is -0.823. The number of carboxylic acid groups (broad SMARTS) is 1. The summed E-state index contributed by atoms with van der Waals surface area (Å²) in [5.41, 5.74) is 0.116. The molecule has 2 aromatic rings. The average molecular weight is 390 g/mol. The smallest absolute Gasteiger partial charge is 0.358 e. The number of carboxylic acids is 1. The topological polar surface area (TPSA) is 95.8 Å². The summed E-state index contributed by atoms with van der Waals surface area (Å²) in [6.45, 7) is 12.9. The number of nitrogens with zero attached hydrogens (tertiary/aromatic N) is 3. The van der Waals surface area contributed by atoms with E-state index in [1.807, 2.05) is 6.07 Å². The third-order valence-electron chi connectivity index (χ3n) is 5.64. The highest BCUT2D eigenvalue weighted by Gasteiger charge is 2.40. The zero-order valence-corrected chi connectivity index (χ0v) is 17.5. The van der Waals surface area contributed by atoms with Crippen LogP contribution >= 0.6 is 0 Å². The van der Waals surface area contributed by atoms with E-state index in [0.717, 1.165) is 25.3 Å². The van der Waals surface area contributed by atoms with Gasteiger partial charge in [0, 0.05) is 18.5 Å². The summed E-state index contributed by atoms with van der Waals surface area (Å²) in [6, 6.07) is 3.51. The summed E-state index contributed by atoms with van der Waals surface area (Å²) in [5, 5.41) is 19.7. The second-order valence-electron chi connectivity index (χ2n) is 8.60. The van der Waals surface area contributed by atoms with Crippen LogP contribution in [0.2, 0.25) is 18.1 Å². The predicted octanol–water partition coefficient (Wildman–Crippen LogP) is 3.63. The van der Waals surface area contributed by atoms with Crippen LogP contribution in [0.25, 0.3) is 10.9 Å². The molecule has 0 unspecified atom stereocenters. The van der Waals surface area contributed by atoms with Gasteiger partial charge in [-0.1, -0.05) is 20.8 Å². The van der Waals surface area contributed by atoms with E-state index >= 15 is 0 Å². The highest BCUT2D eigenvalue weighted by Crippen LogP contribution is 2.38. The Morgan fingerprint density at radius 1 is 1.33 bits per heavy atom. The van der Waals surface area contributed by atoms with Gasteiger partial charge in [-0.2, -0.15) is 0 Å². The standard InChI is InChI=1S/C19H27N3O4Si/c1-19(2,3)27(4,5)26-12-8-9-22(11-12)15-7-6-13-14(21-15)10-20-16(17(13)23)18(24)25/h6-7,10,12,23H,8-9,11H2,1-5H3,(H,24,25)/t12-/m1/s1. The first-order chi connectivity index (χ1) is 12.5. The van der Waals surface area contributed by atoms with Crippen LogP contribution in [0.5, 0.6) is 5.75 Å². The van der Waals surface area contributed by atoms with Crippen molar-refractivity contribution in [1.29, 1.82) is 0 Å². The summed E-state index contributed by atoms with van der Waals surface area (Å²) < 4.78 is 6.52. The van der Waals surface area contributed by atoms with E-state index in [4.69, 9.17) is 9.53 Å². The number of aromatic hydroxyl groups is 1. The Hall–Kier alpha value is -2.19. The number of aromatic nitrogens is 2. The lowest BCUT2D eigenvalue weighted by Crippen LogP contribution is -2.44. The lowest BCUT2D eigenvalue weighted by molar-refractivity contribution is 0.0687. The maximum atomic E-state index is 11.1. The largest absolute Gasteiger partial charge is 0.505 e. The monoisotopic (exact) mass is 389 g/mol. The van der Waals surface area contributed by atoms with E-state index in [1.54, 1.807) is 6.07 Å². The molecule has 0 aliphatic carbocycles. The van der Waals surface area contributed by atoms with Crippen molar-refractivity contribution < 1.29 is 19.4 Å². The second-order valence-corrected chi connectivity index (χ2v) is 13.4. The number of pyridine rings is 2. The Kier molecular flexibility index (Phi) is 4.90. The fraction of sp³-hybridized carbons (Fsp3) is 0.526. The minimum atomic E-state index is -1.81. The van der Waals surface area contributed by atoms with E-state index in [2.05, 4.69) is 48.7 Å². The number of carbonyl (C=O) groups is 1. The number of aromatic carboxylic acids is 1. The van der Waals surface area contributed by atoms with Crippen molar-refractivity contribution in [2.75, 3.05) is 18.0 Å². The number of hydrogen-bond donors (Lipinski definition) is 2. The summed E-state index contributed by atoms with van der Waals surface area (Å²) in [6.07, 6.45) is 2.53. The van der Waals surface area contributed by atoms with Crippen LogP contribution in [0.3, 0.4) is 0 Å². The number of rotatable bonds is 4. The Bertz CT molecular complexity index is 879. The van der Waals surface area contributed by atoms with E-state index in [9.17, 15) is 9.90 Å². The molecular weight excluding hydrogens is 362 g/mol. The van der Waals surface area contributed by atoms with Crippen LogP contribution < -0.4 is 4.90 Å². The molecule has 2 aromatic heterocycles. The summed E-state index contributed by atoms with van der Waals surface area (Å²) >= 11 is 0. The van der Waals surface area contributed by atoms with E-state index in [-0.39, 0.29) is 22.6 Å². The SMILES string of the molecule is CC(C)(C)[Si](C)(C)O[C@@H]1CCN(c2ccc3c(O)c(C(=O)O)ncc3n2)C1. The molecule has 1 fully saturated rings. The van der Waals surface area contributed by atoms with Gasteiger partial charge in [0.1, 0.15) is 5.82 Å². The maximum absolute atomic E-state index is 11.1. The normalized spacial score (nSPS) is 18.3. The summed E-state index contributed by atoms with van der Waals surface area (Å²) in [7, 11) is -1.81. The van der Waals surface area contributed by atoms with Crippen LogP contribution in [-0.2, 0) is 4.43 Å². The molecule has 0 spiro atoms. The van der Waals surface area contributed by atoms with Gasteiger partial charge in [-0.05, 0) is 36.7 Å². The van der Waals surface area contributed by atoms with Gasteiger partial charge < -0.3 is 19.5 Å². The van der Waals surface area contributed by atoms with Crippen LogP contribution in [0.4, 0.5) is 5.82 Å². The van der Waals surface area contributed by atoms with E-state index in [1.165, 1.54) is 6.20 Å². The first kappa shape index (κ1) is 19.6. The number of anilines is 1. The van der Waals surface area contributed by atoms with Gasteiger partial charge in [-0.25, -0.2) is 14.8 Å². The zero-order valence-electron chi connectivity index (χ0n) is 16.5. The van der Waals surface area contributed by atoms with Gasteiger partial charge in [0.25, 0.3) is 0 Å². The molecule has 1 aliphatic heterocycles. The first-order valence-corrected chi connectivity index (χ1v) is 12.1. The van der Waals surface area contributed by atoms with Crippen molar-refractivity contribution in [1.82, 2.24) is 9.97 Å². The van der Waals surface area contributed by atoms with Crippen molar-refractivity contribution in [3.63, 3.8) is 0 Å². The molecule has 1 saturated heterocycles. The van der Waals surface area contributed by atoms with Gasteiger partial charge in [0.15, 0.2) is 19.8 Å². The van der Waals surface area contributed by atoms with Crippen molar-refractivity contribution >= 4 is 31.0 Å². The molecule has 1 atom stereocenters. The van der Waals surface area contributed by atoms with E-state index < -0.39 is 14.3 Å². The Morgan fingerprint density at radius 3 is 2.67 bits per heavy atom. The number of fused-ring (bicyclic) bond motifs is 1. The Balaban J connectivity index is 1.79. The van der Waals surface area contributed by atoms with Gasteiger partial charge in [-0.15, -0.1) is 0 Å². The molecule has 1 aliphatic rings. The van der Waals surface area contributed by atoms with Crippen LogP contribution in [-0.4, -0.2) is 53.7 Å². The molecule has 7 nitrogen and oxygen atoms in total. The van der Waals surface area contributed by atoms with Crippen molar-refractivity contribution in [2.45, 2.75) is 51.4 Å². The van der Waals surface area contributed by atoms with E-state index in [0.29, 0.717) is 10.9 Å². The number of hydrogen-bond acceptors (Lipinski definition) is 6. The molecule has 0 aromatic carbocycles. The fourth-order valence-corrected chi connectivity index (χ4v) is 4.42.